The summed E-state index contributed by atoms with van der Waals surface area (Å²) in [5.74, 6) is 1.65. The summed E-state index contributed by atoms with van der Waals surface area (Å²) in [4.78, 5) is 21.5. The number of nitrogens with zero attached hydrogens (tertiary/aromatic N) is 3. The van der Waals surface area contributed by atoms with Crippen LogP contribution in [0.2, 0.25) is 0 Å². The summed E-state index contributed by atoms with van der Waals surface area (Å²) in [6.07, 6.45) is 8.58. The molecule has 0 aromatic carbocycles. The average Bonchev–Trinajstić information content (AvgIpc) is 3.00. The number of carbonyl (C=O) groups excluding carboxylic acids is 1. The molecule has 2 aliphatic rings. The molecule has 1 aromatic heterocycles. The minimum absolute atomic E-state index is 0.137. The highest BCUT2D eigenvalue weighted by atomic mass is 32.1. The molecule has 0 spiro atoms. The van der Waals surface area contributed by atoms with Crippen molar-refractivity contribution in [3.8, 4) is 0 Å². The molecule has 0 radical (unpaired) electrons. The van der Waals surface area contributed by atoms with Crippen LogP contribution < -0.4 is 0 Å². The lowest BCUT2D eigenvalue weighted by atomic mass is 9.94. The number of hydrogen-bond donors (Lipinski definition) is 0. The number of piperidine rings is 2. The third-order valence-corrected chi connectivity index (χ3v) is 6.05. The van der Waals surface area contributed by atoms with E-state index < -0.39 is 0 Å². The van der Waals surface area contributed by atoms with Crippen molar-refractivity contribution in [1.29, 1.82) is 0 Å². The van der Waals surface area contributed by atoms with Crippen LogP contribution in [0.25, 0.3) is 6.08 Å². The molecule has 0 N–H and O–H groups in total. The Labute approximate surface area is 149 Å². The minimum atomic E-state index is 0.137. The van der Waals surface area contributed by atoms with Crippen LogP contribution in [0, 0.1) is 18.8 Å². The highest BCUT2D eigenvalue weighted by molar-refractivity contribution is 7.09. The largest absolute Gasteiger partial charge is 0.339 e. The summed E-state index contributed by atoms with van der Waals surface area (Å²) in [6, 6.07) is 0. The molecule has 0 saturated carbocycles. The second-order valence-electron chi connectivity index (χ2n) is 7.40. The van der Waals surface area contributed by atoms with Gasteiger partial charge >= 0.3 is 0 Å². The first-order chi connectivity index (χ1) is 11.6. The van der Waals surface area contributed by atoms with Crippen LogP contribution in [-0.4, -0.2) is 53.4 Å². The summed E-state index contributed by atoms with van der Waals surface area (Å²) < 4.78 is 0. The molecule has 2 saturated heterocycles. The van der Waals surface area contributed by atoms with Crippen LogP contribution in [0.1, 0.15) is 43.3 Å². The van der Waals surface area contributed by atoms with Gasteiger partial charge in [0.15, 0.2) is 0 Å². The van der Waals surface area contributed by atoms with E-state index in [-0.39, 0.29) is 5.91 Å². The Morgan fingerprint density at radius 3 is 2.83 bits per heavy atom. The van der Waals surface area contributed by atoms with Gasteiger partial charge in [-0.2, -0.15) is 0 Å². The minimum Gasteiger partial charge on any atom is -0.339 e. The van der Waals surface area contributed by atoms with Crippen LogP contribution >= 0.6 is 11.3 Å². The van der Waals surface area contributed by atoms with Gasteiger partial charge in [0.1, 0.15) is 0 Å². The molecule has 4 nitrogen and oxygen atoms in total. The maximum Gasteiger partial charge on any atom is 0.246 e. The molecule has 24 heavy (non-hydrogen) atoms. The smallest absolute Gasteiger partial charge is 0.246 e. The van der Waals surface area contributed by atoms with Gasteiger partial charge in [-0.05, 0) is 63.6 Å². The Bertz CT molecular complexity index is 575. The fourth-order valence-corrected chi connectivity index (χ4v) is 4.32. The van der Waals surface area contributed by atoms with Gasteiger partial charge in [-0.1, -0.05) is 6.92 Å². The molecular formula is C19H29N3OS. The molecular weight excluding hydrogens is 318 g/mol. The lowest BCUT2D eigenvalue weighted by molar-refractivity contribution is -0.127. The zero-order valence-corrected chi connectivity index (χ0v) is 15.7. The fraction of sp³-hybridized carbons (Fsp3) is 0.684. The van der Waals surface area contributed by atoms with Gasteiger partial charge in [0.2, 0.25) is 5.91 Å². The summed E-state index contributed by atoms with van der Waals surface area (Å²) in [5.41, 5.74) is 0.891. The third kappa shape index (κ3) is 4.90. The van der Waals surface area contributed by atoms with Crippen molar-refractivity contribution in [2.45, 2.75) is 39.5 Å². The second-order valence-corrected chi connectivity index (χ2v) is 8.46. The van der Waals surface area contributed by atoms with Crippen molar-refractivity contribution in [2.24, 2.45) is 11.8 Å². The Morgan fingerprint density at radius 1 is 1.33 bits per heavy atom. The summed E-state index contributed by atoms with van der Waals surface area (Å²) in [5, 5.41) is 3.03. The first-order valence-electron chi connectivity index (χ1n) is 9.21. The van der Waals surface area contributed by atoms with Crippen molar-refractivity contribution >= 4 is 23.3 Å². The van der Waals surface area contributed by atoms with E-state index in [4.69, 9.17) is 0 Å². The molecule has 0 aliphatic carbocycles. The number of amides is 1. The monoisotopic (exact) mass is 347 g/mol. The van der Waals surface area contributed by atoms with E-state index in [0.29, 0.717) is 5.92 Å². The maximum absolute atomic E-state index is 12.5. The van der Waals surface area contributed by atoms with E-state index in [1.54, 1.807) is 17.4 Å². The molecule has 2 aliphatic heterocycles. The van der Waals surface area contributed by atoms with E-state index in [0.717, 1.165) is 42.7 Å². The summed E-state index contributed by atoms with van der Waals surface area (Å²) >= 11 is 1.62. The van der Waals surface area contributed by atoms with Crippen LogP contribution in [0.4, 0.5) is 0 Å². The summed E-state index contributed by atoms with van der Waals surface area (Å²) in [7, 11) is 0. The number of thiazole rings is 1. The maximum atomic E-state index is 12.5. The second kappa shape index (κ2) is 8.26. The Kier molecular flexibility index (Phi) is 6.06. The van der Waals surface area contributed by atoms with Crippen molar-refractivity contribution in [3.63, 3.8) is 0 Å². The highest BCUT2D eigenvalue weighted by Gasteiger charge is 2.25. The molecule has 132 valence electrons. The predicted molar refractivity (Wildman–Crippen MR) is 100 cm³/mol. The van der Waals surface area contributed by atoms with Gasteiger partial charge in [-0.15, -0.1) is 11.3 Å². The van der Waals surface area contributed by atoms with E-state index in [9.17, 15) is 4.79 Å². The molecule has 5 heteroatoms. The Balaban J connectivity index is 1.49. The normalized spacial score (nSPS) is 23.9. The molecule has 1 atom stereocenters. The van der Waals surface area contributed by atoms with Crippen LogP contribution in [0.15, 0.2) is 11.5 Å². The number of carbonyl (C=O) groups is 1. The van der Waals surface area contributed by atoms with Gasteiger partial charge in [0.05, 0.1) is 10.7 Å². The molecule has 3 heterocycles. The SMILES string of the molecule is Cc1nc(/C=C/C(=O)N2CCC[C@@H](CN3CCC(C)CC3)C2)cs1. The molecule has 0 bridgehead atoms. The average molecular weight is 348 g/mol. The van der Waals surface area contributed by atoms with Crippen molar-refractivity contribution < 1.29 is 4.79 Å². The van der Waals surface area contributed by atoms with Crippen molar-refractivity contribution in [3.05, 3.63) is 22.2 Å². The Hall–Kier alpha value is -1.20. The van der Waals surface area contributed by atoms with Crippen molar-refractivity contribution in [2.75, 3.05) is 32.7 Å². The van der Waals surface area contributed by atoms with Gasteiger partial charge in [-0.25, -0.2) is 4.98 Å². The Morgan fingerprint density at radius 2 is 2.12 bits per heavy atom. The lowest BCUT2D eigenvalue weighted by Gasteiger charge is -2.37. The molecule has 1 amide bonds. The van der Waals surface area contributed by atoms with E-state index in [1.165, 1.54) is 32.4 Å². The molecule has 2 fully saturated rings. The van der Waals surface area contributed by atoms with E-state index >= 15 is 0 Å². The van der Waals surface area contributed by atoms with Crippen LogP contribution in [0.5, 0.6) is 0 Å². The first-order valence-corrected chi connectivity index (χ1v) is 10.1. The zero-order chi connectivity index (χ0) is 16.9. The molecule has 0 unspecified atom stereocenters. The van der Waals surface area contributed by atoms with Gasteiger partial charge in [-0.3, -0.25) is 4.79 Å². The lowest BCUT2D eigenvalue weighted by Crippen LogP contribution is -2.44. The van der Waals surface area contributed by atoms with E-state index in [1.807, 2.05) is 23.3 Å². The van der Waals surface area contributed by atoms with Crippen LogP contribution in [-0.2, 0) is 4.79 Å². The number of aryl methyl sites for hydroxylation is 1. The topological polar surface area (TPSA) is 36.4 Å². The number of likely N-dealkylation sites (tertiary alicyclic amines) is 2. The third-order valence-electron chi connectivity index (χ3n) is 5.26. The van der Waals surface area contributed by atoms with Crippen LogP contribution in [0.3, 0.4) is 0 Å². The van der Waals surface area contributed by atoms with E-state index in [2.05, 4.69) is 16.8 Å². The number of aromatic nitrogens is 1. The van der Waals surface area contributed by atoms with Gasteiger partial charge in [0.25, 0.3) is 0 Å². The van der Waals surface area contributed by atoms with Gasteiger partial charge < -0.3 is 9.80 Å². The summed E-state index contributed by atoms with van der Waals surface area (Å²) in [6.45, 7) is 9.77. The number of rotatable bonds is 4. The predicted octanol–water partition coefficient (Wildman–Crippen LogP) is 3.44. The molecule has 3 rings (SSSR count). The zero-order valence-electron chi connectivity index (χ0n) is 14.9. The number of hydrogen-bond acceptors (Lipinski definition) is 4. The standard InChI is InChI=1S/C19H29N3OS/c1-15-7-10-21(11-8-15)12-17-4-3-9-22(13-17)19(23)6-5-18-14-24-16(2)20-18/h5-6,14-15,17H,3-4,7-13H2,1-2H3/b6-5+/t17-/m0/s1. The first kappa shape index (κ1) is 17.6. The van der Waals surface area contributed by atoms with Gasteiger partial charge in [0, 0.05) is 31.1 Å². The molecule has 1 aromatic rings. The highest BCUT2D eigenvalue weighted by Crippen LogP contribution is 2.22. The quantitative estimate of drug-likeness (QED) is 0.783. The fourth-order valence-electron chi connectivity index (χ4n) is 3.74. The van der Waals surface area contributed by atoms with Crippen molar-refractivity contribution in [1.82, 2.24) is 14.8 Å².